The van der Waals surface area contributed by atoms with E-state index in [0.717, 1.165) is 0 Å². The van der Waals surface area contributed by atoms with E-state index in [1.54, 1.807) is 43.6 Å². The number of benzene rings is 1. The third kappa shape index (κ3) is 3.08. The lowest BCUT2D eigenvalue weighted by Crippen LogP contribution is -2.14. The third-order valence-electron chi connectivity index (χ3n) is 2.64. The Labute approximate surface area is 125 Å². The lowest BCUT2D eigenvalue weighted by Gasteiger charge is -2.11. The van der Waals surface area contributed by atoms with Crippen molar-refractivity contribution in [1.29, 1.82) is 0 Å². The number of aromatic nitrogens is 1. The number of methoxy groups -OCH3 is 2. The van der Waals surface area contributed by atoms with Gasteiger partial charge in [-0.05, 0) is 40.2 Å². The van der Waals surface area contributed by atoms with Crippen LogP contribution < -0.4 is 14.8 Å². The monoisotopic (exact) mass is 336 g/mol. The Morgan fingerprint density at radius 3 is 2.70 bits per heavy atom. The SMILES string of the molecule is COc1ccc(C(=O)Nc2ncccc2Br)c(OC)c1. The minimum absolute atomic E-state index is 0.302. The first kappa shape index (κ1) is 14.3. The molecule has 0 aliphatic carbocycles. The van der Waals surface area contributed by atoms with Crippen LogP contribution in [0.25, 0.3) is 0 Å². The van der Waals surface area contributed by atoms with Crippen molar-refractivity contribution in [3.8, 4) is 11.5 Å². The van der Waals surface area contributed by atoms with Gasteiger partial charge in [-0.25, -0.2) is 4.98 Å². The summed E-state index contributed by atoms with van der Waals surface area (Å²) < 4.78 is 11.0. The van der Waals surface area contributed by atoms with Gasteiger partial charge in [0.15, 0.2) is 0 Å². The molecule has 2 aromatic rings. The predicted molar refractivity (Wildman–Crippen MR) is 79.4 cm³/mol. The molecular formula is C14H13BrN2O3. The summed E-state index contributed by atoms with van der Waals surface area (Å²) in [6.07, 6.45) is 1.60. The highest BCUT2D eigenvalue weighted by Gasteiger charge is 2.15. The first-order valence-electron chi connectivity index (χ1n) is 5.79. The van der Waals surface area contributed by atoms with Crippen LogP contribution in [0.15, 0.2) is 41.0 Å². The van der Waals surface area contributed by atoms with E-state index in [2.05, 4.69) is 26.2 Å². The maximum absolute atomic E-state index is 12.3. The molecule has 6 heteroatoms. The second-order valence-corrected chi connectivity index (χ2v) is 4.71. The number of anilines is 1. The molecule has 0 saturated heterocycles. The summed E-state index contributed by atoms with van der Waals surface area (Å²) in [5, 5.41) is 2.72. The molecule has 104 valence electrons. The first-order chi connectivity index (χ1) is 9.65. The number of hydrogen-bond acceptors (Lipinski definition) is 4. The number of carbonyl (C=O) groups excluding carboxylic acids is 1. The van der Waals surface area contributed by atoms with Crippen molar-refractivity contribution >= 4 is 27.7 Å². The van der Waals surface area contributed by atoms with Crippen molar-refractivity contribution in [1.82, 2.24) is 4.98 Å². The summed E-state index contributed by atoms with van der Waals surface area (Å²) in [5.41, 5.74) is 0.408. The number of halogens is 1. The molecule has 2 rings (SSSR count). The smallest absolute Gasteiger partial charge is 0.260 e. The van der Waals surface area contributed by atoms with Gasteiger partial charge in [0.1, 0.15) is 17.3 Å². The standard InChI is InChI=1S/C14H13BrN2O3/c1-19-9-5-6-10(12(8-9)20-2)14(18)17-13-11(15)4-3-7-16-13/h3-8H,1-2H3,(H,16,17,18). The van der Waals surface area contributed by atoms with Crippen molar-refractivity contribution in [2.24, 2.45) is 0 Å². The van der Waals surface area contributed by atoms with Gasteiger partial charge in [-0.3, -0.25) is 4.79 Å². The molecule has 0 unspecified atom stereocenters. The second-order valence-electron chi connectivity index (χ2n) is 3.85. The van der Waals surface area contributed by atoms with E-state index in [4.69, 9.17) is 9.47 Å². The van der Waals surface area contributed by atoms with Gasteiger partial charge in [-0.2, -0.15) is 0 Å². The third-order valence-corrected chi connectivity index (χ3v) is 3.28. The Hall–Kier alpha value is -2.08. The topological polar surface area (TPSA) is 60.5 Å². The zero-order chi connectivity index (χ0) is 14.5. The van der Waals surface area contributed by atoms with Gasteiger partial charge < -0.3 is 14.8 Å². The molecule has 0 radical (unpaired) electrons. The van der Waals surface area contributed by atoms with Crippen LogP contribution in [0.2, 0.25) is 0 Å². The normalized spacial score (nSPS) is 9.95. The average Bonchev–Trinajstić information content (AvgIpc) is 2.48. The van der Waals surface area contributed by atoms with E-state index in [1.165, 1.54) is 7.11 Å². The molecule has 0 bridgehead atoms. The fourth-order valence-corrected chi connectivity index (χ4v) is 1.99. The Morgan fingerprint density at radius 1 is 1.25 bits per heavy atom. The molecule has 20 heavy (non-hydrogen) atoms. The molecule has 0 atom stereocenters. The zero-order valence-electron chi connectivity index (χ0n) is 11.0. The molecule has 1 aromatic carbocycles. The zero-order valence-corrected chi connectivity index (χ0v) is 12.6. The lowest BCUT2D eigenvalue weighted by molar-refractivity contribution is 0.102. The highest BCUT2D eigenvalue weighted by molar-refractivity contribution is 9.10. The number of amides is 1. The molecular weight excluding hydrogens is 324 g/mol. The van der Waals surface area contributed by atoms with E-state index >= 15 is 0 Å². The number of nitrogens with one attached hydrogen (secondary N) is 1. The van der Waals surface area contributed by atoms with Crippen molar-refractivity contribution in [2.45, 2.75) is 0 Å². The summed E-state index contributed by atoms with van der Waals surface area (Å²) in [6.45, 7) is 0. The largest absolute Gasteiger partial charge is 0.497 e. The van der Waals surface area contributed by atoms with E-state index in [1.807, 2.05) is 0 Å². The molecule has 1 aromatic heterocycles. The Balaban J connectivity index is 2.27. The van der Waals surface area contributed by atoms with Crippen LogP contribution in [0.1, 0.15) is 10.4 Å². The number of hydrogen-bond donors (Lipinski definition) is 1. The predicted octanol–water partition coefficient (Wildman–Crippen LogP) is 3.11. The van der Waals surface area contributed by atoms with Crippen LogP contribution in [0, 0.1) is 0 Å². The van der Waals surface area contributed by atoms with E-state index in [0.29, 0.717) is 27.4 Å². The molecule has 5 nitrogen and oxygen atoms in total. The summed E-state index contributed by atoms with van der Waals surface area (Å²) in [6, 6.07) is 8.57. The second kappa shape index (κ2) is 6.38. The van der Waals surface area contributed by atoms with Gasteiger partial charge in [-0.1, -0.05) is 0 Å². The van der Waals surface area contributed by atoms with Crippen LogP contribution in [0.5, 0.6) is 11.5 Å². The molecule has 0 saturated carbocycles. The van der Waals surface area contributed by atoms with Crippen molar-refractivity contribution in [3.05, 3.63) is 46.6 Å². The van der Waals surface area contributed by atoms with Crippen LogP contribution in [-0.4, -0.2) is 25.1 Å². The van der Waals surface area contributed by atoms with E-state index < -0.39 is 0 Å². The number of rotatable bonds is 4. The Bertz CT molecular complexity index is 632. The van der Waals surface area contributed by atoms with Gasteiger partial charge >= 0.3 is 0 Å². The fourth-order valence-electron chi connectivity index (χ4n) is 1.64. The van der Waals surface area contributed by atoms with Gasteiger partial charge in [0.25, 0.3) is 5.91 Å². The van der Waals surface area contributed by atoms with Gasteiger partial charge in [0.2, 0.25) is 0 Å². The number of ether oxygens (including phenoxy) is 2. The number of carbonyl (C=O) groups is 1. The molecule has 1 amide bonds. The van der Waals surface area contributed by atoms with E-state index in [9.17, 15) is 4.79 Å². The minimum Gasteiger partial charge on any atom is -0.497 e. The van der Waals surface area contributed by atoms with Crippen molar-refractivity contribution in [3.63, 3.8) is 0 Å². The number of nitrogens with zero attached hydrogens (tertiary/aromatic N) is 1. The fraction of sp³-hybridized carbons (Fsp3) is 0.143. The molecule has 1 heterocycles. The van der Waals surface area contributed by atoms with Crippen LogP contribution in [-0.2, 0) is 0 Å². The van der Waals surface area contributed by atoms with Gasteiger partial charge in [0.05, 0.1) is 24.3 Å². The lowest BCUT2D eigenvalue weighted by atomic mass is 10.1. The maximum atomic E-state index is 12.3. The van der Waals surface area contributed by atoms with E-state index in [-0.39, 0.29) is 5.91 Å². The average molecular weight is 337 g/mol. The molecule has 1 N–H and O–H groups in total. The van der Waals surface area contributed by atoms with Crippen LogP contribution in [0.4, 0.5) is 5.82 Å². The first-order valence-corrected chi connectivity index (χ1v) is 6.59. The van der Waals surface area contributed by atoms with Gasteiger partial charge in [0, 0.05) is 12.3 Å². The Morgan fingerprint density at radius 2 is 2.05 bits per heavy atom. The van der Waals surface area contributed by atoms with Gasteiger partial charge in [-0.15, -0.1) is 0 Å². The van der Waals surface area contributed by atoms with Crippen molar-refractivity contribution < 1.29 is 14.3 Å². The summed E-state index contributed by atoms with van der Waals surface area (Å²) in [7, 11) is 3.06. The van der Waals surface area contributed by atoms with Crippen LogP contribution >= 0.6 is 15.9 Å². The summed E-state index contributed by atoms with van der Waals surface area (Å²) in [4.78, 5) is 16.3. The minimum atomic E-state index is -0.302. The quantitative estimate of drug-likeness (QED) is 0.931. The molecule has 0 spiro atoms. The highest BCUT2D eigenvalue weighted by atomic mass is 79.9. The highest BCUT2D eigenvalue weighted by Crippen LogP contribution is 2.26. The molecule has 0 fully saturated rings. The summed E-state index contributed by atoms with van der Waals surface area (Å²) >= 11 is 3.33. The molecule has 0 aliphatic heterocycles. The maximum Gasteiger partial charge on any atom is 0.260 e. The number of pyridine rings is 1. The summed E-state index contributed by atoms with van der Waals surface area (Å²) in [5.74, 6) is 1.21. The van der Waals surface area contributed by atoms with Crippen molar-refractivity contribution in [2.75, 3.05) is 19.5 Å². The Kier molecular flexibility index (Phi) is 4.57. The van der Waals surface area contributed by atoms with Crippen LogP contribution in [0.3, 0.4) is 0 Å². The molecule has 0 aliphatic rings.